The third-order valence-corrected chi connectivity index (χ3v) is 4.10. The minimum atomic E-state index is -0.251. The molecule has 0 bridgehead atoms. The summed E-state index contributed by atoms with van der Waals surface area (Å²) < 4.78 is 0. The lowest BCUT2D eigenvalue weighted by atomic mass is 9.91. The molecule has 94 valence electrons. The molecular weight excluding hydrogens is 226 g/mol. The van der Waals surface area contributed by atoms with Crippen molar-refractivity contribution < 1.29 is 9.59 Å². The van der Waals surface area contributed by atoms with Gasteiger partial charge in [-0.2, -0.15) is 0 Å². The summed E-state index contributed by atoms with van der Waals surface area (Å²) in [7, 11) is 0. The normalized spacial score (nSPS) is 24.5. The summed E-state index contributed by atoms with van der Waals surface area (Å²) in [5, 5.41) is 0. The molecule has 3 rings (SSSR count). The SMILES string of the molecule is Cc1ccc(C2CC(=O)N(C3CCC3)C2=O)cc1. The molecular formula is C15H17NO2. The summed E-state index contributed by atoms with van der Waals surface area (Å²) >= 11 is 0. The molecule has 1 aliphatic carbocycles. The third-order valence-electron chi connectivity index (χ3n) is 4.10. The second-order valence-corrected chi connectivity index (χ2v) is 5.35. The second-order valence-electron chi connectivity index (χ2n) is 5.35. The first-order chi connectivity index (χ1) is 8.66. The summed E-state index contributed by atoms with van der Waals surface area (Å²) in [5.41, 5.74) is 2.15. The molecule has 1 aromatic rings. The van der Waals surface area contributed by atoms with E-state index in [1.807, 2.05) is 31.2 Å². The van der Waals surface area contributed by atoms with Gasteiger partial charge in [-0.15, -0.1) is 0 Å². The molecule has 1 unspecified atom stereocenters. The van der Waals surface area contributed by atoms with E-state index in [1.165, 1.54) is 10.5 Å². The van der Waals surface area contributed by atoms with E-state index in [2.05, 4.69) is 0 Å². The van der Waals surface area contributed by atoms with E-state index in [0.717, 1.165) is 24.8 Å². The predicted molar refractivity (Wildman–Crippen MR) is 68.0 cm³/mol. The largest absolute Gasteiger partial charge is 0.279 e. The minimum Gasteiger partial charge on any atom is -0.279 e. The highest BCUT2D eigenvalue weighted by Crippen LogP contribution is 2.36. The van der Waals surface area contributed by atoms with E-state index in [0.29, 0.717) is 6.42 Å². The van der Waals surface area contributed by atoms with Crippen LogP contribution < -0.4 is 0 Å². The molecule has 2 amide bonds. The monoisotopic (exact) mass is 243 g/mol. The maximum atomic E-state index is 12.3. The maximum Gasteiger partial charge on any atom is 0.237 e. The smallest absolute Gasteiger partial charge is 0.237 e. The number of rotatable bonds is 2. The number of amides is 2. The average Bonchev–Trinajstić information content (AvgIpc) is 2.56. The first-order valence-electron chi connectivity index (χ1n) is 6.59. The van der Waals surface area contributed by atoms with Crippen molar-refractivity contribution in [3.05, 3.63) is 35.4 Å². The zero-order valence-corrected chi connectivity index (χ0v) is 10.6. The standard InChI is InChI=1S/C15H17NO2/c1-10-5-7-11(8-6-10)13-9-14(17)16(15(13)18)12-3-2-4-12/h5-8,12-13H,2-4,9H2,1H3. The lowest BCUT2D eigenvalue weighted by Crippen LogP contribution is -2.44. The van der Waals surface area contributed by atoms with Crippen LogP contribution in [0, 0.1) is 6.92 Å². The number of likely N-dealkylation sites (tertiary alicyclic amines) is 1. The molecule has 0 aromatic heterocycles. The van der Waals surface area contributed by atoms with E-state index >= 15 is 0 Å². The Bertz CT molecular complexity index is 488. The topological polar surface area (TPSA) is 37.4 Å². The molecule has 0 N–H and O–H groups in total. The van der Waals surface area contributed by atoms with Gasteiger partial charge in [0, 0.05) is 12.5 Å². The fraction of sp³-hybridized carbons (Fsp3) is 0.467. The van der Waals surface area contributed by atoms with Gasteiger partial charge in [-0.05, 0) is 31.7 Å². The minimum absolute atomic E-state index is 0.00792. The fourth-order valence-electron chi connectivity index (χ4n) is 2.74. The fourth-order valence-corrected chi connectivity index (χ4v) is 2.74. The number of carbonyl (C=O) groups is 2. The Morgan fingerprint density at radius 1 is 1.11 bits per heavy atom. The zero-order chi connectivity index (χ0) is 12.7. The van der Waals surface area contributed by atoms with Crippen LogP contribution in [-0.4, -0.2) is 22.8 Å². The van der Waals surface area contributed by atoms with Gasteiger partial charge in [-0.1, -0.05) is 29.8 Å². The predicted octanol–water partition coefficient (Wildman–Crippen LogP) is 2.39. The maximum absolute atomic E-state index is 12.3. The van der Waals surface area contributed by atoms with Crippen LogP contribution in [0.2, 0.25) is 0 Å². The molecule has 1 atom stereocenters. The van der Waals surface area contributed by atoms with Gasteiger partial charge < -0.3 is 0 Å². The van der Waals surface area contributed by atoms with E-state index in [9.17, 15) is 9.59 Å². The van der Waals surface area contributed by atoms with E-state index in [-0.39, 0.29) is 23.8 Å². The van der Waals surface area contributed by atoms with Crippen LogP contribution in [0.3, 0.4) is 0 Å². The van der Waals surface area contributed by atoms with Crippen LogP contribution in [0.5, 0.6) is 0 Å². The lowest BCUT2D eigenvalue weighted by Gasteiger charge is -2.33. The van der Waals surface area contributed by atoms with Crippen LogP contribution >= 0.6 is 0 Å². The number of hydrogen-bond donors (Lipinski definition) is 0. The second kappa shape index (κ2) is 4.23. The Labute approximate surface area is 107 Å². The van der Waals surface area contributed by atoms with Crippen LogP contribution in [0.1, 0.15) is 42.7 Å². The molecule has 1 aromatic carbocycles. The average molecular weight is 243 g/mol. The highest BCUT2D eigenvalue weighted by atomic mass is 16.2. The van der Waals surface area contributed by atoms with Gasteiger partial charge in [0.1, 0.15) is 0 Å². The number of carbonyl (C=O) groups excluding carboxylic acids is 2. The van der Waals surface area contributed by atoms with Gasteiger partial charge in [0.25, 0.3) is 0 Å². The van der Waals surface area contributed by atoms with Gasteiger partial charge in [-0.3, -0.25) is 14.5 Å². The van der Waals surface area contributed by atoms with Gasteiger partial charge >= 0.3 is 0 Å². The first-order valence-corrected chi connectivity index (χ1v) is 6.59. The van der Waals surface area contributed by atoms with Crippen LogP contribution in [0.25, 0.3) is 0 Å². The van der Waals surface area contributed by atoms with Crippen molar-refractivity contribution >= 4 is 11.8 Å². The molecule has 2 aliphatic rings. The van der Waals surface area contributed by atoms with Crippen molar-refractivity contribution in [2.24, 2.45) is 0 Å². The summed E-state index contributed by atoms with van der Waals surface area (Å²) in [6.45, 7) is 2.02. The van der Waals surface area contributed by atoms with Gasteiger partial charge in [0.15, 0.2) is 0 Å². The summed E-state index contributed by atoms with van der Waals surface area (Å²) in [4.78, 5) is 25.8. The molecule has 1 saturated heterocycles. The Balaban J connectivity index is 1.84. The van der Waals surface area contributed by atoms with Gasteiger partial charge in [0.05, 0.1) is 5.92 Å². The van der Waals surface area contributed by atoms with Crippen molar-refractivity contribution in [3.63, 3.8) is 0 Å². The van der Waals surface area contributed by atoms with E-state index in [4.69, 9.17) is 0 Å². The van der Waals surface area contributed by atoms with Crippen molar-refractivity contribution in [1.29, 1.82) is 0 Å². The number of nitrogens with zero attached hydrogens (tertiary/aromatic N) is 1. The highest BCUT2D eigenvalue weighted by Gasteiger charge is 2.44. The molecule has 0 spiro atoms. The Morgan fingerprint density at radius 3 is 2.33 bits per heavy atom. The highest BCUT2D eigenvalue weighted by molar-refractivity contribution is 6.06. The summed E-state index contributed by atoms with van der Waals surface area (Å²) in [5.74, 6) is -0.234. The number of hydrogen-bond acceptors (Lipinski definition) is 2. The van der Waals surface area contributed by atoms with Gasteiger partial charge in [0.2, 0.25) is 11.8 Å². The molecule has 1 heterocycles. The number of benzene rings is 1. The molecule has 0 radical (unpaired) electrons. The Kier molecular flexibility index (Phi) is 2.69. The van der Waals surface area contributed by atoms with Crippen molar-refractivity contribution in [2.45, 2.75) is 44.6 Å². The van der Waals surface area contributed by atoms with Crippen molar-refractivity contribution in [1.82, 2.24) is 4.90 Å². The molecule has 18 heavy (non-hydrogen) atoms. The van der Waals surface area contributed by atoms with Crippen LogP contribution in [0.4, 0.5) is 0 Å². The third kappa shape index (κ3) is 1.74. The Hall–Kier alpha value is -1.64. The Morgan fingerprint density at radius 2 is 1.78 bits per heavy atom. The van der Waals surface area contributed by atoms with E-state index < -0.39 is 0 Å². The van der Waals surface area contributed by atoms with Crippen LogP contribution in [0.15, 0.2) is 24.3 Å². The zero-order valence-electron chi connectivity index (χ0n) is 10.6. The molecule has 3 heteroatoms. The molecule has 1 aliphatic heterocycles. The summed E-state index contributed by atoms with van der Waals surface area (Å²) in [6, 6.07) is 8.11. The number of imide groups is 1. The first kappa shape index (κ1) is 11.5. The van der Waals surface area contributed by atoms with Gasteiger partial charge in [-0.25, -0.2) is 0 Å². The van der Waals surface area contributed by atoms with Crippen molar-refractivity contribution in [2.75, 3.05) is 0 Å². The molecule has 2 fully saturated rings. The number of aryl methyl sites for hydroxylation is 1. The quantitative estimate of drug-likeness (QED) is 0.748. The van der Waals surface area contributed by atoms with Crippen LogP contribution in [-0.2, 0) is 9.59 Å². The molecule has 1 saturated carbocycles. The van der Waals surface area contributed by atoms with E-state index in [1.54, 1.807) is 0 Å². The summed E-state index contributed by atoms with van der Waals surface area (Å²) in [6.07, 6.45) is 3.45. The molecule has 3 nitrogen and oxygen atoms in total. The van der Waals surface area contributed by atoms with Crippen molar-refractivity contribution in [3.8, 4) is 0 Å². The lowest BCUT2D eigenvalue weighted by molar-refractivity contribution is -0.143.